The zero-order chi connectivity index (χ0) is 23.8. The molecular weight excluding hydrogens is 446 g/mol. The molecule has 1 aromatic carbocycles. The molecule has 11 nitrogen and oxygen atoms in total. The van der Waals surface area contributed by atoms with E-state index in [0.717, 1.165) is 11.4 Å². The first kappa shape index (κ1) is 22.8. The molecule has 3 N–H and O–H groups in total. The van der Waals surface area contributed by atoms with E-state index in [4.69, 9.17) is 5.14 Å². The number of nitrogens with two attached hydrogens (primary N) is 1. The minimum Gasteiger partial charge on any atom is -0.342 e. The van der Waals surface area contributed by atoms with Crippen molar-refractivity contribution in [3.63, 3.8) is 0 Å². The second kappa shape index (κ2) is 8.87. The Bertz CT molecular complexity index is 1310. The molecule has 0 unspecified atom stereocenters. The molecule has 1 fully saturated rings. The third kappa shape index (κ3) is 5.17. The summed E-state index contributed by atoms with van der Waals surface area (Å²) in [6, 6.07) is 7.58. The molecule has 0 bridgehead atoms. The van der Waals surface area contributed by atoms with Crippen molar-refractivity contribution in [2.75, 3.05) is 18.4 Å². The third-order valence-corrected chi connectivity index (χ3v) is 6.57. The minimum absolute atomic E-state index is 0.0199. The number of aryl methyl sites for hydroxylation is 2. The number of rotatable bonds is 5. The van der Waals surface area contributed by atoms with Crippen LogP contribution in [0.3, 0.4) is 0 Å². The molecule has 33 heavy (non-hydrogen) atoms. The number of hydrogen-bond acceptors (Lipinski definition) is 7. The lowest BCUT2D eigenvalue weighted by Crippen LogP contribution is -2.42. The zero-order valence-electron chi connectivity index (χ0n) is 18.4. The van der Waals surface area contributed by atoms with Crippen molar-refractivity contribution in [2.24, 2.45) is 11.1 Å². The van der Waals surface area contributed by atoms with Gasteiger partial charge in [0.05, 0.1) is 11.3 Å². The van der Waals surface area contributed by atoms with E-state index in [-0.39, 0.29) is 29.0 Å². The maximum absolute atomic E-state index is 12.7. The van der Waals surface area contributed by atoms with Gasteiger partial charge in [-0.05, 0) is 57.0 Å². The highest BCUT2D eigenvalue weighted by Gasteiger charge is 2.28. The molecule has 3 aromatic rings. The number of amides is 2. The van der Waals surface area contributed by atoms with E-state index in [1.807, 2.05) is 19.9 Å². The Morgan fingerprint density at radius 1 is 1.12 bits per heavy atom. The van der Waals surface area contributed by atoms with Gasteiger partial charge in [0.25, 0.3) is 5.78 Å². The van der Waals surface area contributed by atoms with E-state index in [2.05, 4.69) is 20.4 Å². The van der Waals surface area contributed by atoms with Crippen LogP contribution in [0.15, 0.2) is 35.2 Å². The first-order valence-corrected chi connectivity index (χ1v) is 12.1. The van der Waals surface area contributed by atoms with Gasteiger partial charge in [0.2, 0.25) is 21.8 Å². The number of hydrogen-bond donors (Lipinski definition) is 2. The van der Waals surface area contributed by atoms with Crippen LogP contribution in [0.25, 0.3) is 5.78 Å². The summed E-state index contributed by atoms with van der Waals surface area (Å²) in [4.78, 5) is 35.7. The van der Waals surface area contributed by atoms with E-state index in [1.54, 1.807) is 9.42 Å². The average molecular weight is 472 g/mol. The second-order valence-electron chi connectivity index (χ2n) is 8.17. The van der Waals surface area contributed by atoms with Crippen LogP contribution < -0.4 is 10.5 Å². The van der Waals surface area contributed by atoms with Gasteiger partial charge in [0.1, 0.15) is 0 Å². The van der Waals surface area contributed by atoms with Gasteiger partial charge >= 0.3 is 0 Å². The van der Waals surface area contributed by atoms with Crippen LogP contribution in [0.5, 0.6) is 0 Å². The van der Waals surface area contributed by atoms with E-state index in [9.17, 15) is 18.0 Å². The largest absolute Gasteiger partial charge is 0.342 e. The molecule has 2 aromatic heterocycles. The molecule has 0 spiro atoms. The van der Waals surface area contributed by atoms with Crippen LogP contribution in [-0.2, 0) is 26.0 Å². The van der Waals surface area contributed by atoms with E-state index >= 15 is 0 Å². The first-order chi connectivity index (χ1) is 15.6. The van der Waals surface area contributed by atoms with E-state index < -0.39 is 10.0 Å². The average Bonchev–Trinajstić information content (AvgIpc) is 3.16. The summed E-state index contributed by atoms with van der Waals surface area (Å²) in [5.41, 5.74) is 2.23. The molecule has 4 rings (SSSR count). The Kier molecular flexibility index (Phi) is 6.13. The number of sulfonamides is 1. The van der Waals surface area contributed by atoms with Gasteiger partial charge in [-0.3, -0.25) is 9.59 Å². The number of aromatic nitrogens is 4. The summed E-state index contributed by atoms with van der Waals surface area (Å²) in [6.07, 6.45) is 1.14. The van der Waals surface area contributed by atoms with Crippen LogP contribution in [0.4, 0.5) is 5.69 Å². The number of fused-ring (bicyclic) bond motifs is 1. The van der Waals surface area contributed by atoms with E-state index in [1.165, 1.54) is 24.3 Å². The Morgan fingerprint density at radius 3 is 2.42 bits per heavy atom. The van der Waals surface area contributed by atoms with Gasteiger partial charge in [-0.25, -0.2) is 23.1 Å². The van der Waals surface area contributed by atoms with Gasteiger partial charge in [0.15, 0.2) is 5.82 Å². The van der Waals surface area contributed by atoms with Crippen molar-refractivity contribution in [2.45, 2.75) is 38.0 Å². The summed E-state index contributed by atoms with van der Waals surface area (Å²) in [6.45, 7) is 4.72. The Morgan fingerprint density at radius 2 is 1.79 bits per heavy atom. The molecule has 0 saturated carbocycles. The molecule has 1 aliphatic rings. The lowest BCUT2D eigenvalue weighted by atomic mass is 9.95. The second-order valence-corrected chi connectivity index (χ2v) is 9.73. The Balaban J connectivity index is 1.31. The SMILES string of the molecule is Cc1cc(C)n2nc(CC(=O)N3CCC(C(=O)Nc4ccc(S(N)(=O)=O)cc4)CC3)nc2n1. The fraction of sp³-hybridized carbons (Fsp3) is 0.381. The molecular formula is C21H25N7O4S. The molecule has 0 radical (unpaired) electrons. The maximum Gasteiger partial charge on any atom is 0.252 e. The summed E-state index contributed by atoms with van der Waals surface area (Å²) in [7, 11) is -3.78. The number of primary sulfonamides is 1. The minimum atomic E-state index is -3.78. The molecule has 1 aliphatic heterocycles. The smallest absolute Gasteiger partial charge is 0.252 e. The number of nitrogens with zero attached hydrogens (tertiary/aromatic N) is 5. The highest BCUT2D eigenvalue weighted by molar-refractivity contribution is 7.89. The van der Waals surface area contributed by atoms with Gasteiger partial charge in [-0.1, -0.05) is 0 Å². The topological polar surface area (TPSA) is 153 Å². The lowest BCUT2D eigenvalue weighted by molar-refractivity contribution is -0.134. The lowest BCUT2D eigenvalue weighted by Gasteiger charge is -2.31. The predicted molar refractivity (Wildman–Crippen MR) is 120 cm³/mol. The van der Waals surface area contributed by atoms with Crippen molar-refractivity contribution in [3.8, 4) is 0 Å². The van der Waals surface area contributed by atoms with Crippen LogP contribution >= 0.6 is 0 Å². The summed E-state index contributed by atoms with van der Waals surface area (Å²) in [5, 5.41) is 12.3. The number of piperidine rings is 1. The summed E-state index contributed by atoms with van der Waals surface area (Å²) in [5.74, 6) is 0.406. The van der Waals surface area contributed by atoms with Crippen LogP contribution in [0, 0.1) is 19.8 Å². The Hall–Kier alpha value is -3.38. The van der Waals surface area contributed by atoms with Crippen molar-refractivity contribution >= 4 is 33.3 Å². The number of carbonyl (C=O) groups excluding carboxylic acids is 2. The van der Waals surface area contributed by atoms with Gasteiger partial charge in [0, 0.05) is 36.1 Å². The Labute approximate surface area is 191 Å². The molecule has 0 aliphatic carbocycles. The predicted octanol–water partition coefficient (Wildman–Crippen LogP) is 0.808. The molecule has 1 saturated heterocycles. The highest BCUT2D eigenvalue weighted by atomic mass is 32.2. The summed E-state index contributed by atoms with van der Waals surface area (Å²) < 4.78 is 24.3. The molecule has 0 atom stereocenters. The first-order valence-electron chi connectivity index (χ1n) is 10.5. The molecule has 3 heterocycles. The number of likely N-dealkylation sites (tertiary alicyclic amines) is 1. The van der Waals surface area contributed by atoms with Crippen molar-refractivity contribution in [1.82, 2.24) is 24.5 Å². The fourth-order valence-corrected chi connectivity index (χ4v) is 4.41. The van der Waals surface area contributed by atoms with E-state index in [0.29, 0.717) is 43.2 Å². The zero-order valence-corrected chi connectivity index (χ0v) is 19.2. The highest BCUT2D eigenvalue weighted by Crippen LogP contribution is 2.21. The third-order valence-electron chi connectivity index (χ3n) is 5.64. The standard InChI is InChI=1S/C21H25N7O4S/c1-13-11-14(2)28-21(23-13)25-18(26-28)12-19(29)27-9-7-15(8-10-27)20(30)24-16-3-5-17(6-4-16)33(22,31)32/h3-6,11,15H,7-10,12H2,1-2H3,(H,24,30)(H2,22,31,32). The number of nitrogens with one attached hydrogen (secondary N) is 1. The molecule has 2 amide bonds. The normalized spacial score (nSPS) is 15.1. The monoisotopic (exact) mass is 471 g/mol. The van der Waals surface area contributed by atoms with Crippen LogP contribution in [-0.4, -0.2) is 57.8 Å². The quantitative estimate of drug-likeness (QED) is 0.558. The van der Waals surface area contributed by atoms with Crippen LogP contribution in [0.1, 0.15) is 30.1 Å². The fourth-order valence-electron chi connectivity index (χ4n) is 3.89. The van der Waals surface area contributed by atoms with Crippen LogP contribution in [0.2, 0.25) is 0 Å². The van der Waals surface area contributed by atoms with Gasteiger partial charge in [-0.2, -0.15) is 4.98 Å². The molecule has 174 valence electrons. The summed E-state index contributed by atoms with van der Waals surface area (Å²) >= 11 is 0. The van der Waals surface area contributed by atoms with Crippen molar-refractivity contribution < 1.29 is 18.0 Å². The number of benzene rings is 1. The van der Waals surface area contributed by atoms with Crippen molar-refractivity contribution in [1.29, 1.82) is 0 Å². The van der Waals surface area contributed by atoms with Crippen molar-refractivity contribution in [3.05, 3.63) is 47.5 Å². The molecule has 12 heteroatoms. The number of anilines is 1. The maximum atomic E-state index is 12.7. The van der Waals surface area contributed by atoms with Gasteiger partial charge < -0.3 is 10.2 Å². The number of carbonyl (C=O) groups is 2. The van der Waals surface area contributed by atoms with Gasteiger partial charge in [-0.15, -0.1) is 5.10 Å².